The molecule has 2 N–H and O–H groups in total. The fourth-order valence-electron chi connectivity index (χ4n) is 1.20. The molecule has 0 bridgehead atoms. The zero-order chi connectivity index (χ0) is 12.0. The van der Waals surface area contributed by atoms with Crippen LogP contribution in [0.2, 0.25) is 0 Å². The molecule has 0 aromatic heterocycles. The zero-order valence-electron chi connectivity index (χ0n) is 8.42. The van der Waals surface area contributed by atoms with Gasteiger partial charge in [0.15, 0.2) is 0 Å². The minimum Gasteiger partial charge on any atom is -0.434 e. The van der Waals surface area contributed by atoms with Gasteiger partial charge in [0, 0.05) is 23.1 Å². The van der Waals surface area contributed by atoms with Crippen LogP contribution in [0.25, 0.3) is 0 Å². The number of ether oxygens (including phenoxy) is 1. The second kappa shape index (κ2) is 6.78. The quantitative estimate of drug-likeness (QED) is 0.790. The van der Waals surface area contributed by atoms with Gasteiger partial charge in [-0.1, -0.05) is 15.9 Å². The first kappa shape index (κ1) is 13.3. The van der Waals surface area contributed by atoms with Crippen molar-refractivity contribution >= 4 is 15.9 Å². The smallest absolute Gasteiger partial charge is 0.387 e. The van der Waals surface area contributed by atoms with E-state index < -0.39 is 6.61 Å². The fourth-order valence-corrected chi connectivity index (χ4v) is 1.61. The number of halogens is 3. The van der Waals surface area contributed by atoms with Crippen molar-refractivity contribution in [2.24, 2.45) is 0 Å². The number of aliphatic hydroxyl groups excluding tert-OH is 1. The van der Waals surface area contributed by atoms with E-state index in [1.807, 2.05) is 0 Å². The number of aliphatic hydroxyl groups is 1. The van der Waals surface area contributed by atoms with Gasteiger partial charge >= 0.3 is 6.61 Å². The molecule has 0 aliphatic carbocycles. The molecule has 6 heteroatoms. The monoisotopic (exact) mass is 295 g/mol. The Hall–Kier alpha value is -0.720. The Morgan fingerprint density at radius 2 is 2.19 bits per heavy atom. The average Bonchev–Trinajstić information content (AvgIpc) is 2.22. The van der Waals surface area contributed by atoms with Gasteiger partial charge in [0.05, 0.1) is 6.61 Å². The van der Waals surface area contributed by atoms with Crippen molar-refractivity contribution < 1.29 is 18.6 Å². The highest BCUT2D eigenvalue weighted by Crippen LogP contribution is 2.24. The van der Waals surface area contributed by atoms with E-state index in [9.17, 15) is 8.78 Å². The summed E-state index contributed by atoms with van der Waals surface area (Å²) in [6.07, 6.45) is 0. The van der Waals surface area contributed by atoms with Gasteiger partial charge in [-0.25, -0.2) is 0 Å². The second-order valence-corrected chi connectivity index (χ2v) is 3.95. The van der Waals surface area contributed by atoms with Crippen LogP contribution in [-0.4, -0.2) is 24.9 Å². The highest BCUT2D eigenvalue weighted by Gasteiger charge is 2.09. The molecule has 0 radical (unpaired) electrons. The summed E-state index contributed by atoms with van der Waals surface area (Å²) in [5.41, 5.74) is 0.614. The Labute approximate surface area is 101 Å². The van der Waals surface area contributed by atoms with Crippen LogP contribution in [0, 0.1) is 0 Å². The molecule has 1 aromatic carbocycles. The van der Waals surface area contributed by atoms with Crippen LogP contribution in [0.4, 0.5) is 8.78 Å². The third-order valence-electron chi connectivity index (χ3n) is 1.84. The van der Waals surface area contributed by atoms with Crippen LogP contribution in [0.1, 0.15) is 5.56 Å². The molecule has 0 heterocycles. The lowest BCUT2D eigenvalue weighted by atomic mass is 10.2. The molecule has 90 valence electrons. The van der Waals surface area contributed by atoms with Gasteiger partial charge in [-0.2, -0.15) is 8.78 Å². The molecule has 0 aliphatic rings. The first-order valence-corrected chi connectivity index (χ1v) is 5.47. The lowest BCUT2D eigenvalue weighted by Crippen LogP contribution is -2.18. The van der Waals surface area contributed by atoms with Crippen LogP contribution >= 0.6 is 15.9 Å². The Morgan fingerprint density at radius 3 is 2.81 bits per heavy atom. The summed E-state index contributed by atoms with van der Waals surface area (Å²) >= 11 is 3.25. The third-order valence-corrected chi connectivity index (χ3v) is 2.34. The molecule has 0 spiro atoms. The Kier molecular flexibility index (Phi) is 5.65. The predicted molar refractivity (Wildman–Crippen MR) is 59.6 cm³/mol. The van der Waals surface area contributed by atoms with Gasteiger partial charge in [0.1, 0.15) is 5.75 Å². The van der Waals surface area contributed by atoms with Crippen molar-refractivity contribution in [1.82, 2.24) is 5.32 Å². The van der Waals surface area contributed by atoms with E-state index in [0.717, 1.165) is 4.47 Å². The van der Waals surface area contributed by atoms with E-state index in [-0.39, 0.29) is 12.4 Å². The summed E-state index contributed by atoms with van der Waals surface area (Å²) < 4.78 is 29.4. The molecule has 0 atom stereocenters. The maximum absolute atomic E-state index is 12.1. The van der Waals surface area contributed by atoms with E-state index in [1.54, 1.807) is 12.1 Å². The molecule has 16 heavy (non-hydrogen) atoms. The van der Waals surface area contributed by atoms with E-state index in [0.29, 0.717) is 18.7 Å². The fraction of sp³-hybridized carbons (Fsp3) is 0.400. The number of alkyl halides is 2. The van der Waals surface area contributed by atoms with Crippen LogP contribution in [0.15, 0.2) is 22.7 Å². The van der Waals surface area contributed by atoms with Gasteiger partial charge in [-0.15, -0.1) is 0 Å². The van der Waals surface area contributed by atoms with E-state index in [2.05, 4.69) is 26.0 Å². The largest absolute Gasteiger partial charge is 0.434 e. The number of nitrogens with one attached hydrogen (secondary N) is 1. The molecule has 1 rings (SSSR count). The molecule has 0 unspecified atom stereocenters. The van der Waals surface area contributed by atoms with Crippen molar-refractivity contribution in [3.05, 3.63) is 28.2 Å². The van der Waals surface area contributed by atoms with Gasteiger partial charge in [-0.05, 0) is 18.2 Å². The summed E-state index contributed by atoms with van der Waals surface area (Å²) in [6.45, 7) is -2.07. The van der Waals surface area contributed by atoms with Crippen LogP contribution in [0.5, 0.6) is 5.75 Å². The van der Waals surface area contributed by atoms with Gasteiger partial charge < -0.3 is 15.2 Å². The van der Waals surface area contributed by atoms with Crippen molar-refractivity contribution in [3.8, 4) is 5.75 Å². The van der Waals surface area contributed by atoms with Crippen molar-refractivity contribution in [2.45, 2.75) is 13.2 Å². The van der Waals surface area contributed by atoms with Gasteiger partial charge in [0.25, 0.3) is 0 Å². The molecule has 0 amide bonds. The minimum atomic E-state index is -2.84. The lowest BCUT2D eigenvalue weighted by molar-refractivity contribution is -0.0505. The summed E-state index contributed by atoms with van der Waals surface area (Å²) in [5, 5.41) is 11.5. The lowest BCUT2D eigenvalue weighted by Gasteiger charge is -2.11. The standard InChI is InChI=1S/C10H12BrF2NO2/c11-8-1-2-9(16-10(12)13)7(5-8)6-14-3-4-15/h1-2,5,10,14-15H,3-4,6H2. The molecule has 1 aromatic rings. The number of hydrogen-bond acceptors (Lipinski definition) is 3. The Balaban J connectivity index is 2.73. The number of benzene rings is 1. The molecule has 0 saturated heterocycles. The van der Waals surface area contributed by atoms with Crippen LogP contribution in [0.3, 0.4) is 0 Å². The summed E-state index contributed by atoms with van der Waals surface area (Å²) in [6, 6.07) is 4.81. The molecular weight excluding hydrogens is 284 g/mol. The summed E-state index contributed by atoms with van der Waals surface area (Å²) in [7, 11) is 0. The van der Waals surface area contributed by atoms with Crippen molar-refractivity contribution in [1.29, 1.82) is 0 Å². The maximum Gasteiger partial charge on any atom is 0.387 e. The highest BCUT2D eigenvalue weighted by atomic mass is 79.9. The summed E-state index contributed by atoms with van der Waals surface area (Å²) in [4.78, 5) is 0. The third kappa shape index (κ3) is 4.42. The van der Waals surface area contributed by atoms with E-state index >= 15 is 0 Å². The molecule has 3 nitrogen and oxygen atoms in total. The predicted octanol–water partition coefficient (Wildman–Crippen LogP) is 2.13. The van der Waals surface area contributed by atoms with Gasteiger partial charge in [0.2, 0.25) is 0 Å². The second-order valence-electron chi connectivity index (χ2n) is 3.03. The highest BCUT2D eigenvalue weighted by molar-refractivity contribution is 9.10. The molecule has 0 saturated carbocycles. The maximum atomic E-state index is 12.1. The molecule has 0 fully saturated rings. The van der Waals surface area contributed by atoms with Crippen molar-refractivity contribution in [3.63, 3.8) is 0 Å². The minimum absolute atomic E-state index is 0.000951. The summed E-state index contributed by atoms with van der Waals surface area (Å²) in [5.74, 6) is 0.142. The number of rotatable bonds is 6. The number of hydrogen-bond donors (Lipinski definition) is 2. The Morgan fingerprint density at radius 1 is 1.44 bits per heavy atom. The average molecular weight is 296 g/mol. The van der Waals surface area contributed by atoms with Crippen LogP contribution < -0.4 is 10.1 Å². The van der Waals surface area contributed by atoms with Gasteiger partial charge in [-0.3, -0.25) is 0 Å². The zero-order valence-corrected chi connectivity index (χ0v) is 10.0. The van der Waals surface area contributed by atoms with Crippen molar-refractivity contribution in [2.75, 3.05) is 13.2 Å². The Bertz CT molecular complexity index is 337. The SMILES string of the molecule is OCCNCc1cc(Br)ccc1OC(F)F. The normalized spacial score (nSPS) is 10.8. The van der Waals surface area contributed by atoms with E-state index in [1.165, 1.54) is 6.07 Å². The molecular formula is C10H12BrF2NO2. The van der Waals surface area contributed by atoms with E-state index in [4.69, 9.17) is 5.11 Å². The molecule has 0 aliphatic heterocycles. The topological polar surface area (TPSA) is 41.5 Å². The first-order valence-electron chi connectivity index (χ1n) is 4.68. The first-order chi connectivity index (χ1) is 7.63. The van der Waals surface area contributed by atoms with Crippen LogP contribution in [-0.2, 0) is 6.54 Å².